The molecule has 100 valence electrons. The summed E-state index contributed by atoms with van der Waals surface area (Å²) in [6, 6.07) is 3.71. The van der Waals surface area contributed by atoms with Crippen molar-refractivity contribution < 1.29 is 9.18 Å². The van der Waals surface area contributed by atoms with E-state index in [0.717, 1.165) is 12.1 Å². The number of anilines is 1. The molecule has 7 heteroatoms. The smallest absolute Gasteiger partial charge is 0.251 e. The Balaban J connectivity index is 2.05. The van der Waals surface area contributed by atoms with Crippen LogP contribution in [0.1, 0.15) is 23.1 Å². The predicted molar refractivity (Wildman–Crippen MR) is 67.7 cm³/mol. The zero-order chi connectivity index (χ0) is 13.8. The molecule has 2 aromatic rings. The number of halogens is 1. The average molecular weight is 263 g/mol. The van der Waals surface area contributed by atoms with Crippen LogP contribution in [0, 0.1) is 5.82 Å². The highest BCUT2D eigenvalue weighted by molar-refractivity contribution is 5.94. The van der Waals surface area contributed by atoms with Crippen molar-refractivity contribution in [2.24, 2.45) is 0 Å². The second kappa shape index (κ2) is 5.47. The highest BCUT2D eigenvalue weighted by atomic mass is 19.1. The van der Waals surface area contributed by atoms with Gasteiger partial charge in [-0.15, -0.1) is 10.2 Å². The Hall–Kier alpha value is -2.44. The number of carbonyl (C=O) groups excluding carboxylic acids is 1. The summed E-state index contributed by atoms with van der Waals surface area (Å²) in [4.78, 5) is 11.9. The Morgan fingerprint density at radius 3 is 2.95 bits per heavy atom. The van der Waals surface area contributed by atoms with Crippen molar-refractivity contribution in [2.45, 2.75) is 20.0 Å². The highest BCUT2D eigenvalue weighted by Crippen LogP contribution is 2.10. The summed E-state index contributed by atoms with van der Waals surface area (Å²) in [7, 11) is 0. The Morgan fingerprint density at radius 2 is 2.26 bits per heavy atom. The van der Waals surface area contributed by atoms with E-state index < -0.39 is 11.7 Å². The molecule has 0 unspecified atom stereocenters. The lowest BCUT2D eigenvalue weighted by molar-refractivity contribution is 0.0949. The SMILES string of the molecule is CCn1cnnc1CNC(=O)c1cc(N)cc(F)c1. The van der Waals surface area contributed by atoms with Crippen LogP contribution < -0.4 is 11.1 Å². The van der Waals surface area contributed by atoms with Crippen molar-refractivity contribution in [3.63, 3.8) is 0 Å². The number of carbonyl (C=O) groups is 1. The number of hydrogen-bond donors (Lipinski definition) is 2. The molecule has 2 rings (SSSR count). The molecule has 19 heavy (non-hydrogen) atoms. The van der Waals surface area contributed by atoms with Gasteiger partial charge in [-0.2, -0.15) is 0 Å². The number of nitrogens with one attached hydrogen (secondary N) is 1. The number of hydrogen-bond acceptors (Lipinski definition) is 4. The van der Waals surface area contributed by atoms with Crippen molar-refractivity contribution in [3.8, 4) is 0 Å². The van der Waals surface area contributed by atoms with Gasteiger partial charge in [0.05, 0.1) is 6.54 Å². The van der Waals surface area contributed by atoms with Crippen molar-refractivity contribution in [3.05, 3.63) is 41.7 Å². The van der Waals surface area contributed by atoms with Gasteiger partial charge in [-0.25, -0.2) is 4.39 Å². The van der Waals surface area contributed by atoms with Crippen LogP contribution in [0.15, 0.2) is 24.5 Å². The van der Waals surface area contributed by atoms with Crippen LogP contribution in [-0.2, 0) is 13.1 Å². The molecule has 0 aliphatic rings. The van der Waals surface area contributed by atoms with Gasteiger partial charge in [0.1, 0.15) is 12.1 Å². The number of amides is 1. The monoisotopic (exact) mass is 263 g/mol. The lowest BCUT2D eigenvalue weighted by atomic mass is 10.2. The van der Waals surface area contributed by atoms with Gasteiger partial charge in [-0.3, -0.25) is 4.79 Å². The summed E-state index contributed by atoms with van der Waals surface area (Å²) in [6.45, 7) is 2.89. The molecule has 0 bridgehead atoms. The van der Waals surface area contributed by atoms with Crippen molar-refractivity contribution in [1.82, 2.24) is 20.1 Å². The van der Waals surface area contributed by atoms with Gasteiger partial charge in [0, 0.05) is 17.8 Å². The third kappa shape index (κ3) is 3.06. The van der Waals surface area contributed by atoms with Gasteiger partial charge >= 0.3 is 0 Å². The third-order valence-corrected chi connectivity index (χ3v) is 2.63. The Kier molecular flexibility index (Phi) is 3.74. The van der Waals surface area contributed by atoms with E-state index in [-0.39, 0.29) is 17.8 Å². The number of aromatic nitrogens is 3. The number of nitrogens with two attached hydrogens (primary N) is 1. The summed E-state index contributed by atoms with van der Waals surface area (Å²) in [6.07, 6.45) is 1.58. The van der Waals surface area contributed by atoms with E-state index in [1.54, 1.807) is 10.9 Å². The molecule has 1 aromatic carbocycles. The van der Waals surface area contributed by atoms with E-state index in [9.17, 15) is 9.18 Å². The van der Waals surface area contributed by atoms with E-state index >= 15 is 0 Å². The fourth-order valence-electron chi connectivity index (χ4n) is 1.68. The van der Waals surface area contributed by atoms with Crippen molar-refractivity contribution >= 4 is 11.6 Å². The fourth-order valence-corrected chi connectivity index (χ4v) is 1.68. The Morgan fingerprint density at radius 1 is 1.47 bits per heavy atom. The first-order chi connectivity index (χ1) is 9.10. The molecule has 0 radical (unpaired) electrons. The average Bonchev–Trinajstić information content (AvgIpc) is 2.82. The number of nitrogens with zero attached hydrogens (tertiary/aromatic N) is 3. The fraction of sp³-hybridized carbons (Fsp3) is 0.250. The number of aryl methyl sites for hydroxylation is 1. The highest BCUT2D eigenvalue weighted by Gasteiger charge is 2.10. The number of nitrogen functional groups attached to an aromatic ring is 1. The van der Waals surface area contributed by atoms with E-state index in [1.165, 1.54) is 6.07 Å². The molecule has 0 saturated heterocycles. The maximum absolute atomic E-state index is 13.1. The van der Waals surface area contributed by atoms with Crippen LogP contribution in [0.5, 0.6) is 0 Å². The van der Waals surface area contributed by atoms with Gasteiger partial charge < -0.3 is 15.6 Å². The molecule has 1 amide bonds. The minimum Gasteiger partial charge on any atom is -0.399 e. The molecular weight excluding hydrogens is 249 g/mol. The molecule has 6 nitrogen and oxygen atoms in total. The number of benzene rings is 1. The van der Waals surface area contributed by atoms with E-state index in [4.69, 9.17) is 5.73 Å². The lowest BCUT2D eigenvalue weighted by Gasteiger charge is -2.06. The largest absolute Gasteiger partial charge is 0.399 e. The van der Waals surface area contributed by atoms with Crippen LogP contribution in [-0.4, -0.2) is 20.7 Å². The second-order valence-corrected chi connectivity index (χ2v) is 3.99. The van der Waals surface area contributed by atoms with E-state index in [0.29, 0.717) is 12.4 Å². The van der Waals surface area contributed by atoms with Crippen LogP contribution >= 0.6 is 0 Å². The molecule has 0 atom stereocenters. The van der Waals surface area contributed by atoms with Gasteiger partial charge in [0.15, 0.2) is 5.82 Å². The molecule has 1 heterocycles. The minimum atomic E-state index is -0.540. The predicted octanol–water partition coefficient (Wildman–Crippen LogP) is 0.949. The lowest BCUT2D eigenvalue weighted by Crippen LogP contribution is -2.24. The topological polar surface area (TPSA) is 85.8 Å². The van der Waals surface area contributed by atoms with Crippen LogP contribution in [0.3, 0.4) is 0 Å². The van der Waals surface area contributed by atoms with Crippen LogP contribution in [0.25, 0.3) is 0 Å². The molecule has 0 spiro atoms. The molecule has 0 saturated carbocycles. The van der Waals surface area contributed by atoms with Crippen molar-refractivity contribution in [2.75, 3.05) is 5.73 Å². The molecular formula is C12H14FN5O. The first-order valence-electron chi connectivity index (χ1n) is 5.81. The maximum Gasteiger partial charge on any atom is 0.251 e. The summed E-state index contributed by atoms with van der Waals surface area (Å²) in [5.41, 5.74) is 5.88. The van der Waals surface area contributed by atoms with Crippen LogP contribution in [0.4, 0.5) is 10.1 Å². The Labute approximate surface area is 109 Å². The van der Waals surface area contributed by atoms with Crippen molar-refractivity contribution in [1.29, 1.82) is 0 Å². The molecule has 0 aliphatic heterocycles. The molecule has 3 N–H and O–H groups in total. The Bertz CT molecular complexity index is 575. The molecule has 0 aliphatic carbocycles. The zero-order valence-corrected chi connectivity index (χ0v) is 10.4. The van der Waals surface area contributed by atoms with E-state index in [2.05, 4.69) is 15.5 Å². The first-order valence-corrected chi connectivity index (χ1v) is 5.81. The zero-order valence-electron chi connectivity index (χ0n) is 10.4. The summed E-state index contributed by atoms with van der Waals surface area (Å²) < 4.78 is 14.9. The second-order valence-electron chi connectivity index (χ2n) is 3.99. The van der Waals surface area contributed by atoms with Gasteiger partial charge in [0.25, 0.3) is 5.91 Å². The first kappa shape index (κ1) is 13.0. The maximum atomic E-state index is 13.1. The molecule has 0 fully saturated rings. The minimum absolute atomic E-state index is 0.181. The third-order valence-electron chi connectivity index (χ3n) is 2.63. The van der Waals surface area contributed by atoms with Gasteiger partial charge in [0.2, 0.25) is 0 Å². The quantitative estimate of drug-likeness (QED) is 0.804. The van der Waals surface area contributed by atoms with Gasteiger partial charge in [-0.1, -0.05) is 0 Å². The summed E-state index contributed by atoms with van der Waals surface area (Å²) in [5, 5.41) is 10.3. The van der Waals surface area contributed by atoms with E-state index in [1.807, 2.05) is 6.92 Å². The molecule has 1 aromatic heterocycles. The number of rotatable bonds is 4. The normalized spacial score (nSPS) is 10.4. The van der Waals surface area contributed by atoms with Gasteiger partial charge in [-0.05, 0) is 25.1 Å². The summed E-state index contributed by atoms with van der Waals surface area (Å²) >= 11 is 0. The van der Waals surface area contributed by atoms with Crippen LogP contribution in [0.2, 0.25) is 0 Å². The standard InChI is InChI=1S/C12H14FN5O/c1-2-18-7-16-17-11(18)6-15-12(19)8-3-9(13)5-10(14)4-8/h3-5,7H,2,6,14H2,1H3,(H,15,19). The summed E-state index contributed by atoms with van der Waals surface area (Å²) in [5.74, 6) is -0.307.